The molecule has 3 heterocycles. The molecular formula is C28H24FN3O4S2. The number of aromatic amines is 1. The summed E-state index contributed by atoms with van der Waals surface area (Å²) in [5, 5.41) is 3.66. The lowest BCUT2D eigenvalue weighted by atomic mass is 9.68. The van der Waals surface area contributed by atoms with E-state index >= 15 is 0 Å². The number of H-pyrrole nitrogens is 1. The summed E-state index contributed by atoms with van der Waals surface area (Å²) in [5.74, 6) is -2.40. The molecular weight excluding hydrogens is 525 g/mol. The first kappa shape index (κ1) is 23.8. The first-order chi connectivity index (χ1) is 18.3. The Hall–Kier alpha value is -3.24. The second kappa shape index (κ2) is 8.64. The molecule has 3 fully saturated rings. The number of nitrogens with zero attached hydrogens (tertiary/aromatic N) is 1. The molecule has 1 aromatic heterocycles. The molecule has 7 nitrogen and oxygen atoms in total. The number of thiazole rings is 1. The topological polar surface area (TPSA) is 99.3 Å². The normalized spacial score (nSPS) is 30.8. The van der Waals surface area contributed by atoms with E-state index in [-0.39, 0.29) is 58.0 Å². The van der Waals surface area contributed by atoms with Gasteiger partial charge in [-0.05, 0) is 66.5 Å². The lowest BCUT2D eigenvalue weighted by Crippen LogP contribution is -2.42. The molecule has 0 unspecified atom stereocenters. The fraction of sp³-hybridized carbons (Fsp3) is 0.357. The van der Waals surface area contributed by atoms with Crippen molar-refractivity contribution in [3.63, 3.8) is 0 Å². The molecule has 7 rings (SSSR count). The number of likely N-dealkylation sites (tertiary alicyclic amines) is 1. The molecule has 4 aliphatic rings. The number of aromatic nitrogens is 1. The van der Waals surface area contributed by atoms with Gasteiger partial charge in [-0.3, -0.25) is 24.1 Å². The number of thioether (sulfide) groups is 1. The number of anilines is 1. The highest BCUT2D eigenvalue weighted by atomic mass is 32.2. The van der Waals surface area contributed by atoms with Crippen LogP contribution in [0.3, 0.4) is 0 Å². The summed E-state index contributed by atoms with van der Waals surface area (Å²) >= 11 is 2.77. The number of carbonyl (C=O) groups excluding carboxylic acids is 3. The Morgan fingerprint density at radius 1 is 1.08 bits per heavy atom. The van der Waals surface area contributed by atoms with E-state index in [1.807, 2.05) is 25.1 Å². The van der Waals surface area contributed by atoms with Crippen LogP contribution in [0.2, 0.25) is 0 Å². The maximum Gasteiger partial charge on any atom is 0.305 e. The minimum Gasteiger partial charge on any atom is -0.325 e. The second-order valence-electron chi connectivity index (χ2n) is 10.7. The van der Waals surface area contributed by atoms with Gasteiger partial charge < -0.3 is 10.3 Å². The quantitative estimate of drug-likeness (QED) is 0.480. The van der Waals surface area contributed by atoms with Crippen molar-refractivity contribution in [3.05, 3.63) is 80.0 Å². The van der Waals surface area contributed by atoms with E-state index in [2.05, 4.69) is 10.3 Å². The highest BCUT2D eigenvalue weighted by Gasteiger charge is 2.69. The van der Waals surface area contributed by atoms with Gasteiger partial charge in [0.15, 0.2) is 0 Å². The zero-order valence-electron chi connectivity index (χ0n) is 20.3. The number of halogens is 1. The third-order valence-electron chi connectivity index (χ3n) is 8.65. The van der Waals surface area contributed by atoms with Crippen LogP contribution in [-0.4, -0.2) is 39.4 Å². The first-order valence-corrected chi connectivity index (χ1v) is 14.4. The number of fused-ring (bicyclic) bond motifs is 9. The van der Waals surface area contributed by atoms with Crippen molar-refractivity contribution >= 4 is 46.5 Å². The molecule has 2 N–H and O–H groups in total. The molecule has 2 aliphatic carbocycles. The summed E-state index contributed by atoms with van der Waals surface area (Å²) in [4.78, 5) is 57.2. The Kier molecular flexibility index (Phi) is 5.42. The van der Waals surface area contributed by atoms with Crippen LogP contribution >= 0.6 is 23.1 Å². The number of hydrogen-bond acceptors (Lipinski definition) is 6. The molecule has 0 spiro atoms. The maximum absolute atomic E-state index is 13.8. The molecule has 2 aliphatic heterocycles. The molecule has 0 radical (unpaired) electrons. The third-order valence-corrected chi connectivity index (χ3v) is 11.2. The summed E-state index contributed by atoms with van der Waals surface area (Å²) in [6.07, 6.45) is 0.759. The predicted molar refractivity (Wildman–Crippen MR) is 141 cm³/mol. The van der Waals surface area contributed by atoms with E-state index in [1.165, 1.54) is 23.5 Å². The van der Waals surface area contributed by atoms with E-state index in [0.717, 1.165) is 32.4 Å². The monoisotopic (exact) mass is 549 g/mol. The zero-order valence-corrected chi connectivity index (χ0v) is 22.0. The average Bonchev–Trinajstić information content (AvgIpc) is 3.60. The molecule has 38 heavy (non-hydrogen) atoms. The van der Waals surface area contributed by atoms with Gasteiger partial charge in [0.1, 0.15) is 12.4 Å². The summed E-state index contributed by atoms with van der Waals surface area (Å²) in [5.41, 5.74) is 2.53. The molecule has 3 amide bonds. The Bertz CT molecular complexity index is 1550. The largest absolute Gasteiger partial charge is 0.325 e. The number of carbonyl (C=O) groups is 3. The number of benzene rings is 2. The Morgan fingerprint density at radius 3 is 2.55 bits per heavy atom. The molecule has 194 valence electrons. The van der Waals surface area contributed by atoms with Crippen molar-refractivity contribution in [2.24, 2.45) is 29.6 Å². The molecule has 2 aromatic carbocycles. The number of rotatable bonds is 4. The predicted octanol–water partition coefficient (Wildman–Crippen LogP) is 4.00. The molecule has 10 heteroatoms. The standard InChI is InChI=1S/C28H24FN3O4S2/c1-12-3-2-4-15(9-12)30-18(33)11-32-26(34)21-16-10-17(22(21)27(32)35)23-20(16)19(13-5-7-14(29)8-6-13)24-25(37-23)31-28(36)38-24/h2-9,16-17,19-23H,10-11H2,1H3,(H,30,33)(H,31,36)/t16-,17-,19+,20-,21+,22-,23+/m0/s1. The highest BCUT2D eigenvalue weighted by Crippen LogP contribution is 2.68. The third kappa shape index (κ3) is 3.53. The number of aryl methyl sites for hydroxylation is 1. The lowest BCUT2D eigenvalue weighted by Gasteiger charge is -2.43. The van der Waals surface area contributed by atoms with Crippen molar-refractivity contribution in [2.45, 2.75) is 29.5 Å². The van der Waals surface area contributed by atoms with Gasteiger partial charge in [0, 0.05) is 21.7 Å². The summed E-state index contributed by atoms with van der Waals surface area (Å²) in [7, 11) is 0. The van der Waals surface area contributed by atoms with Gasteiger partial charge in [0.25, 0.3) is 0 Å². The molecule has 2 saturated carbocycles. The number of amides is 3. The van der Waals surface area contributed by atoms with Crippen molar-refractivity contribution in [3.8, 4) is 0 Å². The van der Waals surface area contributed by atoms with Crippen molar-refractivity contribution < 1.29 is 18.8 Å². The summed E-state index contributed by atoms with van der Waals surface area (Å²) in [6.45, 7) is 1.62. The van der Waals surface area contributed by atoms with Crippen LogP contribution < -0.4 is 10.2 Å². The zero-order chi connectivity index (χ0) is 26.3. The average molecular weight is 550 g/mol. The van der Waals surface area contributed by atoms with Crippen molar-refractivity contribution in [1.82, 2.24) is 9.88 Å². The van der Waals surface area contributed by atoms with Gasteiger partial charge in [0.2, 0.25) is 17.7 Å². The molecule has 1 saturated heterocycles. The smallest absolute Gasteiger partial charge is 0.305 e. The van der Waals surface area contributed by atoms with Crippen molar-refractivity contribution in [1.29, 1.82) is 0 Å². The van der Waals surface area contributed by atoms with Gasteiger partial charge in [-0.2, -0.15) is 0 Å². The second-order valence-corrected chi connectivity index (χ2v) is 12.9. The summed E-state index contributed by atoms with van der Waals surface area (Å²) in [6, 6.07) is 13.7. The summed E-state index contributed by atoms with van der Waals surface area (Å²) < 4.78 is 13.8. The maximum atomic E-state index is 13.8. The van der Waals surface area contributed by atoms with E-state index in [1.54, 1.807) is 30.0 Å². The van der Waals surface area contributed by atoms with E-state index in [9.17, 15) is 23.6 Å². The van der Waals surface area contributed by atoms with E-state index < -0.39 is 17.7 Å². The van der Waals surface area contributed by atoms with E-state index in [0.29, 0.717) is 5.69 Å². The van der Waals surface area contributed by atoms with Crippen LogP contribution in [0.1, 0.15) is 28.3 Å². The Morgan fingerprint density at radius 2 is 1.82 bits per heavy atom. The van der Waals surface area contributed by atoms with Gasteiger partial charge in [-0.15, -0.1) is 11.8 Å². The fourth-order valence-corrected chi connectivity index (χ4v) is 10.2. The van der Waals surface area contributed by atoms with Crippen LogP contribution in [0.25, 0.3) is 0 Å². The molecule has 7 atom stereocenters. The first-order valence-electron chi connectivity index (χ1n) is 12.7. The van der Waals surface area contributed by atoms with Gasteiger partial charge in [-0.25, -0.2) is 4.39 Å². The highest BCUT2D eigenvalue weighted by molar-refractivity contribution is 8.00. The SMILES string of the molecule is Cc1cccc(NC(=O)CN2C(=O)[C@@H]3[C@H]4C[C@H]([C@H]5Sc6[nH]c(=O)sc6[C@H](c6ccc(F)cc6)[C@H]45)[C@@H]3C2=O)c1. The van der Waals surface area contributed by atoms with Gasteiger partial charge >= 0.3 is 4.87 Å². The minimum atomic E-state index is -0.471. The van der Waals surface area contributed by atoms with Crippen LogP contribution in [0.4, 0.5) is 10.1 Å². The van der Waals surface area contributed by atoms with Crippen LogP contribution in [-0.2, 0) is 14.4 Å². The Balaban J connectivity index is 1.19. The lowest BCUT2D eigenvalue weighted by molar-refractivity contribution is -0.143. The van der Waals surface area contributed by atoms with Gasteiger partial charge in [0.05, 0.1) is 16.9 Å². The molecule has 3 aromatic rings. The van der Waals surface area contributed by atoms with Crippen LogP contribution in [0, 0.1) is 42.3 Å². The minimum absolute atomic E-state index is 0.0271. The van der Waals surface area contributed by atoms with E-state index in [4.69, 9.17) is 0 Å². The number of imide groups is 1. The van der Waals surface area contributed by atoms with Crippen molar-refractivity contribution in [2.75, 3.05) is 11.9 Å². The van der Waals surface area contributed by atoms with Crippen LogP contribution in [0.15, 0.2) is 58.4 Å². The fourth-order valence-electron chi connectivity index (χ4n) is 7.34. The molecule has 2 bridgehead atoms. The van der Waals surface area contributed by atoms with Gasteiger partial charge in [-0.1, -0.05) is 35.6 Å². The van der Waals surface area contributed by atoms with Crippen LogP contribution in [0.5, 0.6) is 0 Å². The Labute approximate surface area is 225 Å². The number of nitrogens with one attached hydrogen (secondary N) is 2. The number of hydrogen-bond donors (Lipinski definition) is 2.